The van der Waals surface area contributed by atoms with Crippen molar-refractivity contribution in [1.82, 2.24) is 19.9 Å². The molecule has 1 aromatic carbocycles. The summed E-state index contributed by atoms with van der Waals surface area (Å²) in [6.45, 7) is 3.32. The van der Waals surface area contributed by atoms with Crippen LogP contribution in [-0.2, 0) is 4.74 Å². The number of benzene rings is 1. The van der Waals surface area contributed by atoms with Crippen molar-refractivity contribution >= 4 is 11.6 Å². The summed E-state index contributed by atoms with van der Waals surface area (Å²) in [5.74, 6) is -0.594. The van der Waals surface area contributed by atoms with Gasteiger partial charge < -0.3 is 15.2 Å². The molecule has 0 bridgehead atoms. The number of ether oxygens (including phenoxy) is 1. The Kier molecular flexibility index (Phi) is 5.38. The first-order chi connectivity index (χ1) is 13.0. The van der Waals surface area contributed by atoms with E-state index >= 15 is 0 Å². The molecule has 0 radical (unpaired) electrons. The van der Waals surface area contributed by atoms with Crippen LogP contribution in [0.4, 0.5) is 0 Å². The monoisotopic (exact) mass is 370 g/mol. The number of H-pyrrole nitrogens is 1. The van der Waals surface area contributed by atoms with E-state index in [1.807, 2.05) is 37.3 Å². The smallest absolute Gasteiger partial charge is 0.285 e. The quantitative estimate of drug-likeness (QED) is 0.601. The number of nitrogens with one attached hydrogen (secondary N) is 2. The number of amides is 1. The van der Waals surface area contributed by atoms with E-state index < -0.39 is 17.5 Å². The highest BCUT2D eigenvalue weighted by Crippen LogP contribution is 2.26. The van der Waals surface area contributed by atoms with Gasteiger partial charge in [-0.15, -0.1) is 0 Å². The first-order valence-electron chi connectivity index (χ1n) is 8.56. The van der Waals surface area contributed by atoms with Crippen molar-refractivity contribution in [3.05, 3.63) is 57.6 Å². The first-order valence-corrected chi connectivity index (χ1v) is 8.56. The lowest BCUT2D eigenvalue weighted by Gasteiger charge is -2.15. The zero-order valence-electron chi connectivity index (χ0n) is 15.4. The second kappa shape index (κ2) is 7.73. The molecule has 1 amide bonds. The van der Waals surface area contributed by atoms with Gasteiger partial charge in [0.25, 0.3) is 11.5 Å². The van der Waals surface area contributed by atoms with Gasteiger partial charge in [0.2, 0.25) is 0 Å². The Labute approximate surface area is 155 Å². The van der Waals surface area contributed by atoms with Gasteiger partial charge >= 0.3 is 0 Å². The normalized spacial score (nSPS) is 12.3. The average Bonchev–Trinajstić information content (AvgIpc) is 2.98. The number of aromatic nitrogens is 3. The van der Waals surface area contributed by atoms with Crippen LogP contribution >= 0.6 is 0 Å². The number of fused-ring (bicyclic) bond motifs is 1. The number of aryl methyl sites for hydroxylation is 2. The van der Waals surface area contributed by atoms with Crippen LogP contribution in [0.25, 0.3) is 16.8 Å². The summed E-state index contributed by atoms with van der Waals surface area (Å²) in [6.07, 6.45) is 0. The highest BCUT2D eigenvalue weighted by Gasteiger charge is 2.23. The van der Waals surface area contributed by atoms with E-state index in [1.165, 1.54) is 11.6 Å². The molecule has 1 atom stereocenters. The predicted octanol–water partition coefficient (Wildman–Crippen LogP) is 1.04. The van der Waals surface area contributed by atoms with Crippen LogP contribution in [0.5, 0.6) is 0 Å². The molecule has 142 valence electrons. The van der Waals surface area contributed by atoms with Gasteiger partial charge in [0.05, 0.1) is 24.9 Å². The maximum Gasteiger partial charge on any atom is 0.285 e. The first kappa shape index (κ1) is 18.8. The lowest BCUT2D eigenvalue weighted by molar-refractivity contribution is 0.0837. The number of carbonyl (C=O) groups excluding carboxylic acids is 1. The van der Waals surface area contributed by atoms with Crippen LogP contribution in [0.2, 0.25) is 0 Å². The van der Waals surface area contributed by atoms with Crippen molar-refractivity contribution in [1.29, 1.82) is 0 Å². The standard InChI is InChI=1S/C19H22N4O4/c1-11-16(18(25)21-14(9-24)10-27-3)19(26)23-17(20-11)15(12(2)22-23)13-7-5-4-6-8-13/h4-8,14,22,24H,9-10H2,1-3H3,(H,21,25)/t14-/m0/s1. The molecule has 27 heavy (non-hydrogen) atoms. The maximum atomic E-state index is 13.0. The zero-order valence-corrected chi connectivity index (χ0v) is 15.4. The molecule has 0 aliphatic heterocycles. The summed E-state index contributed by atoms with van der Waals surface area (Å²) in [4.78, 5) is 30.1. The van der Waals surface area contributed by atoms with Crippen LogP contribution in [0.1, 0.15) is 21.7 Å². The number of rotatable bonds is 6. The Morgan fingerprint density at radius 1 is 1.33 bits per heavy atom. The second-order valence-corrected chi connectivity index (χ2v) is 6.32. The Balaban J connectivity index is 2.10. The Hall–Kier alpha value is -2.97. The van der Waals surface area contributed by atoms with E-state index in [-0.39, 0.29) is 18.8 Å². The minimum absolute atomic E-state index is 0.0667. The Morgan fingerprint density at radius 3 is 2.67 bits per heavy atom. The van der Waals surface area contributed by atoms with Crippen molar-refractivity contribution in [2.75, 3.05) is 20.3 Å². The Morgan fingerprint density at radius 2 is 2.04 bits per heavy atom. The third-order valence-electron chi connectivity index (χ3n) is 4.36. The molecule has 0 spiro atoms. The largest absolute Gasteiger partial charge is 0.394 e. The molecule has 0 aliphatic rings. The summed E-state index contributed by atoms with van der Waals surface area (Å²) in [5, 5.41) is 14.9. The molecule has 2 aromatic heterocycles. The van der Waals surface area contributed by atoms with Crippen molar-refractivity contribution in [3.8, 4) is 11.1 Å². The van der Waals surface area contributed by atoms with E-state index in [4.69, 9.17) is 4.74 Å². The molecule has 3 aromatic rings. The number of methoxy groups -OCH3 is 1. The highest BCUT2D eigenvalue weighted by atomic mass is 16.5. The van der Waals surface area contributed by atoms with Gasteiger partial charge in [-0.2, -0.15) is 0 Å². The lowest BCUT2D eigenvalue weighted by atomic mass is 10.1. The van der Waals surface area contributed by atoms with Crippen LogP contribution < -0.4 is 10.9 Å². The van der Waals surface area contributed by atoms with E-state index in [9.17, 15) is 14.7 Å². The van der Waals surface area contributed by atoms with E-state index in [1.54, 1.807) is 6.92 Å². The third-order valence-corrected chi connectivity index (χ3v) is 4.36. The van der Waals surface area contributed by atoms with Gasteiger partial charge in [-0.3, -0.25) is 14.7 Å². The van der Waals surface area contributed by atoms with Gasteiger partial charge in [0, 0.05) is 18.4 Å². The lowest BCUT2D eigenvalue weighted by Crippen LogP contribution is -2.43. The summed E-state index contributed by atoms with van der Waals surface area (Å²) in [7, 11) is 1.47. The number of carbonyl (C=O) groups is 1. The minimum Gasteiger partial charge on any atom is -0.394 e. The minimum atomic E-state index is -0.604. The summed E-state index contributed by atoms with van der Waals surface area (Å²) in [6, 6.07) is 9.01. The van der Waals surface area contributed by atoms with Crippen molar-refractivity contribution in [3.63, 3.8) is 0 Å². The molecule has 0 unspecified atom stereocenters. The molecule has 0 saturated carbocycles. The van der Waals surface area contributed by atoms with Crippen LogP contribution in [-0.4, -0.2) is 52.0 Å². The molecule has 0 saturated heterocycles. The molecule has 8 heteroatoms. The molecule has 0 fully saturated rings. The van der Waals surface area contributed by atoms with Crippen molar-refractivity contribution in [2.45, 2.75) is 19.9 Å². The molecule has 3 N–H and O–H groups in total. The maximum absolute atomic E-state index is 13.0. The molecule has 0 aliphatic carbocycles. The van der Waals surface area contributed by atoms with Gasteiger partial charge in [0.15, 0.2) is 5.65 Å². The fourth-order valence-corrected chi connectivity index (χ4v) is 3.10. The van der Waals surface area contributed by atoms with Crippen molar-refractivity contribution in [2.24, 2.45) is 0 Å². The van der Waals surface area contributed by atoms with Crippen LogP contribution in [0.3, 0.4) is 0 Å². The SMILES string of the molecule is COC[C@H](CO)NC(=O)c1c(C)nc2c(-c3ccccc3)c(C)[nH]n2c1=O. The Bertz CT molecular complexity index is 1020. The molecule has 2 heterocycles. The van der Waals surface area contributed by atoms with Crippen LogP contribution in [0, 0.1) is 13.8 Å². The number of aliphatic hydroxyl groups excluding tert-OH is 1. The molecule has 3 rings (SSSR count). The van der Waals surface area contributed by atoms with Gasteiger partial charge in [-0.25, -0.2) is 9.50 Å². The molecule has 8 nitrogen and oxygen atoms in total. The summed E-state index contributed by atoms with van der Waals surface area (Å²) >= 11 is 0. The third kappa shape index (κ3) is 3.49. The van der Waals surface area contributed by atoms with Gasteiger partial charge in [-0.05, 0) is 19.4 Å². The number of nitrogens with zero attached hydrogens (tertiary/aromatic N) is 2. The fraction of sp³-hybridized carbons (Fsp3) is 0.316. The molecular weight excluding hydrogens is 348 g/mol. The number of hydrogen-bond donors (Lipinski definition) is 3. The van der Waals surface area contributed by atoms with Crippen molar-refractivity contribution < 1.29 is 14.6 Å². The number of aliphatic hydroxyl groups is 1. The predicted molar refractivity (Wildman–Crippen MR) is 101 cm³/mol. The van der Waals surface area contributed by atoms with Crippen LogP contribution in [0.15, 0.2) is 35.1 Å². The second-order valence-electron chi connectivity index (χ2n) is 6.32. The fourth-order valence-electron chi connectivity index (χ4n) is 3.10. The average molecular weight is 370 g/mol. The van der Waals surface area contributed by atoms with E-state index in [0.717, 1.165) is 16.8 Å². The summed E-state index contributed by atoms with van der Waals surface area (Å²) in [5.41, 5.74) is 2.75. The highest BCUT2D eigenvalue weighted by molar-refractivity contribution is 5.95. The van der Waals surface area contributed by atoms with E-state index in [0.29, 0.717) is 11.3 Å². The molecular formula is C19H22N4O4. The zero-order chi connectivity index (χ0) is 19.6. The topological polar surface area (TPSA) is 109 Å². The number of hydrogen-bond acceptors (Lipinski definition) is 5. The number of aromatic amines is 1. The van der Waals surface area contributed by atoms with Gasteiger partial charge in [-0.1, -0.05) is 30.3 Å². The van der Waals surface area contributed by atoms with E-state index in [2.05, 4.69) is 15.4 Å². The summed E-state index contributed by atoms with van der Waals surface area (Å²) < 4.78 is 6.23. The van der Waals surface area contributed by atoms with Gasteiger partial charge in [0.1, 0.15) is 5.56 Å².